The van der Waals surface area contributed by atoms with Crippen LogP contribution in [0.2, 0.25) is 5.22 Å². The second kappa shape index (κ2) is 5.62. The normalized spacial score (nSPS) is 11.3. The Balaban J connectivity index is 1.99. The lowest BCUT2D eigenvalue weighted by Gasteiger charge is -2.03. The van der Waals surface area contributed by atoms with E-state index in [9.17, 15) is 0 Å². The zero-order valence-corrected chi connectivity index (χ0v) is 11.3. The van der Waals surface area contributed by atoms with Crippen LogP contribution in [0.5, 0.6) is 0 Å². The van der Waals surface area contributed by atoms with Gasteiger partial charge in [0.1, 0.15) is 5.01 Å². The molecule has 2 rings (SSSR count). The van der Waals surface area contributed by atoms with E-state index >= 15 is 0 Å². The van der Waals surface area contributed by atoms with Crippen molar-refractivity contribution >= 4 is 22.9 Å². The molecular weight excluding hydrogens is 258 g/mol. The van der Waals surface area contributed by atoms with E-state index in [2.05, 4.69) is 29.4 Å². The smallest absolute Gasteiger partial charge is 0.203 e. The molecule has 0 spiro atoms. The van der Waals surface area contributed by atoms with Crippen LogP contribution in [0.15, 0.2) is 16.7 Å². The minimum absolute atomic E-state index is 0.364. The van der Waals surface area contributed by atoms with Gasteiger partial charge in [-0.3, -0.25) is 0 Å². The van der Waals surface area contributed by atoms with Crippen LogP contribution in [0.4, 0.5) is 0 Å². The molecule has 0 radical (unpaired) electrons. The molecule has 92 valence electrons. The predicted octanol–water partition coefficient (Wildman–Crippen LogP) is 3.20. The van der Waals surface area contributed by atoms with Crippen molar-refractivity contribution < 1.29 is 4.42 Å². The summed E-state index contributed by atoms with van der Waals surface area (Å²) >= 11 is 7.41. The van der Waals surface area contributed by atoms with E-state index in [4.69, 9.17) is 16.0 Å². The maximum atomic E-state index is 5.89. The molecule has 17 heavy (non-hydrogen) atoms. The molecule has 2 aromatic rings. The lowest BCUT2D eigenvalue weighted by atomic mass is 10.2. The van der Waals surface area contributed by atoms with Crippen LogP contribution in [0, 0.1) is 5.92 Å². The van der Waals surface area contributed by atoms with E-state index in [0.717, 1.165) is 28.7 Å². The first kappa shape index (κ1) is 12.5. The Morgan fingerprint density at radius 2 is 2.29 bits per heavy atom. The summed E-state index contributed by atoms with van der Waals surface area (Å²) in [7, 11) is 0. The SMILES string of the molecule is CC(C)CNCc1nnc(-c2ccoc2Cl)s1. The van der Waals surface area contributed by atoms with Gasteiger partial charge in [0, 0.05) is 6.54 Å². The molecule has 0 aliphatic rings. The second-order valence-corrected chi connectivity index (χ2v) is 5.54. The van der Waals surface area contributed by atoms with E-state index in [-0.39, 0.29) is 0 Å². The van der Waals surface area contributed by atoms with E-state index in [0.29, 0.717) is 11.1 Å². The molecule has 0 amide bonds. The van der Waals surface area contributed by atoms with E-state index in [1.54, 1.807) is 12.3 Å². The van der Waals surface area contributed by atoms with Gasteiger partial charge in [-0.05, 0) is 30.1 Å². The summed E-state index contributed by atoms with van der Waals surface area (Å²) in [6, 6.07) is 1.80. The molecule has 4 nitrogen and oxygen atoms in total. The number of hydrogen-bond acceptors (Lipinski definition) is 5. The Labute approximate surface area is 109 Å². The summed E-state index contributed by atoms with van der Waals surface area (Å²) in [4.78, 5) is 0. The van der Waals surface area contributed by atoms with Gasteiger partial charge in [-0.1, -0.05) is 25.2 Å². The Bertz CT molecular complexity index is 481. The minimum atomic E-state index is 0.364. The molecule has 2 heterocycles. The summed E-state index contributed by atoms with van der Waals surface area (Å²) in [5.74, 6) is 0.630. The molecule has 0 saturated carbocycles. The van der Waals surface area contributed by atoms with Gasteiger partial charge in [0.2, 0.25) is 5.22 Å². The summed E-state index contributed by atoms with van der Waals surface area (Å²) in [5.41, 5.74) is 0.805. The summed E-state index contributed by atoms with van der Waals surface area (Å²) < 4.78 is 5.03. The Morgan fingerprint density at radius 1 is 1.47 bits per heavy atom. The lowest BCUT2D eigenvalue weighted by molar-refractivity contribution is 0.550. The highest BCUT2D eigenvalue weighted by molar-refractivity contribution is 7.14. The molecule has 0 unspecified atom stereocenters. The molecule has 0 fully saturated rings. The van der Waals surface area contributed by atoms with Crippen LogP contribution in [0.25, 0.3) is 10.6 Å². The molecule has 6 heteroatoms. The van der Waals surface area contributed by atoms with Crippen LogP contribution in [0.1, 0.15) is 18.9 Å². The van der Waals surface area contributed by atoms with Crippen LogP contribution in [-0.4, -0.2) is 16.7 Å². The summed E-state index contributed by atoms with van der Waals surface area (Å²) in [5, 5.41) is 13.7. The Morgan fingerprint density at radius 3 is 2.94 bits per heavy atom. The van der Waals surface area contributed by atoms with Crippen LogP contribution < -0.4 is 5.32 Å². The fourth-order valence-corrected chi connectivity index (χ4v) is 2.44. The average molecular weight is 272 g/mol. The van der Waals surface area contributed by atoms with Gasteiger partial charge in [0.15, 0.2) is 5.01 Å². The second-order valence-electron chi connectivity index (χ2n) is 4.13. The fraction of sp³-hybridized carbons (Fsp3) is 0.455. The van der Waals surface area contributed by atoms with Crippen molar-refractivity contribution in [3.63, 3.8) is 0 Å². The van der Waals surface area contributed by atoms with Gasteiger partial charge >= 0.3 is 0 Å². The first-order valence-electron chi connectivity index (χ1n) is 5.43. The average Bonchev–Trinajstić information content (AvgIpc) is 2.86. The molecule has 0 bridgehead atoms. The maximum absolute atomic E-state index is 5.89. The predicted molar refractivity (Wildman–Crippen MR) is 69.2 cm³/mol. The Hall–Kier alpha value is -0.910. The highest BCUT2D eigenvalue weighted by Gasteiger charge is 2.12. The number of hydrogen-bond donors (Lipinski definition) is 1. The minimum Gasteiger partial charge on any atom is -0.452 e. The van der Waals surface area contributed by atoms with Crippen LogP contribution in [0.3, 0.4) is 0 Å². The van der Waals surface area contributed by atoms with Gasteiger partial charge in [-0.2, -0.15) is 0 Å². The third-order valence-corrected chi connectivity index (χ3v) is 3.39. The van der Waals surface area contributed by atoms with Gasteiger partial charge in [-0.15, -0.1) is 10.2 Å². The molecule has 0 aliphatic heterocycles. The number of nitrogens with zero attached hydrogens (tertiary/aromatic N) is 2. The maximum Gasteiger partial charge on any atom is 0.203 e. The first-order valence-corrected chi connectivity index (χ1v) is 6.62. The topological polar surface area (TPSA) is 51.0 Å². The number of rotatable bonds is 5. The van der Waals surface area contributed by atoms with E-state index < -0.39 is 0 Å². The number of nitrogens with one attached hydrogen (secondary N) is 1. The molecule has 2 aromatic heterocycles. The quantitative estimate of drug-likeness (QED) is 0.907. The van der Waals surface area contributed by atoms with Gasteiger partial charge in [-0.25, -0.2) is 0 Å². The molecule has 0 saturated heterocycles. The number of aromatic nitrogens is 2. The van der Waals surface area contributed by atoms with E-state index in [1.165, 1.54) is 11.3 Å². The zero-order valence-electron chi connectivity index (χ0n) is 9.74. The fourth-order valence-electron chi connectivity index (χ4n) is 1.35. The number of halogens is 1. The van der Waals surface area contributed by atoms with Crippen molar-refractivity contribution in [3.8, 4) is 10.6 Å². The molecule has 0 aliphatic carbocycles. The monoisotopic (exact) mass is 271 g/mol. The molecule has 1 N–H and O–H groups in total. The van der Waals surface area contributed by atoms with Crippen molar-refractivity contribution in [1.29, 1.82) is 0 Å². The van der Waals surface area contributed by atoms with Crippen molar-refractivity contribution in [2.24, 2.45) is 5.92 Å². The zero-order chi connectivity index (χ0) is 12.3. The first-order chi connectivity index (χ1) is 8.16. The third kappa shape index (κ3) is 3.28. The molecule has 0 atom stereocenters. The summed E-state index contributed by atoms with van der Waals surface area (Å²) in [6.07, 6.45) is 1.55. The third-order valence-electron chi connectivity index (χ3n) is 2.14. The largest absolute Gasteiger partial charge is 0.452 e. The highest BCUT2D eigenvalue weighted by atomic mass is 35.5. The van der Waals surface area contributed by atoms with Crippen LogP contribution in [-0.2, 0) is 6.54 Å². The number of furan rings is 1. The lowest BCUT2D eigenvalue weighted by Crippen LogP contribution is -2.18. The Kier molecular flexibility index (Phi) is 4.15. The van der Waals surface area contributed by atoms with Crippen molar-refractivity contribution in [2.45, 2.75) is 20.4 Å². The van der Waals surface area contributed by atoms with Crippen molar-refractivity contribution in [3.05, 3.63) is 22.6 Å². The molecule has 0 aromatic carbocycles. The standard InChI is InChI=1S/C11H14ClN3OS/c1-7(2)5-13-6-9-14-15-11(17-9)8-3-4-16-10(8)12/h3-4,7,13H,5-6H2,1-2H3. The van der Waals surface area contributed by atoms with E-state index in [1.807, 2.05) is 0 Å². The highest BCUT2D eigenvalue weighted by Crippen LogP contribution is 2.30. The van der Waals surface area contributed by atoms with Crippen molar-refractivity contribution in [1.82, 2.24) is 15.5 Å². The van der Waals surface area contributed by atoms with Crippen LogP contribution >= 0.6 is 22.9 Å². The van der Waals surface area contributed by atoms with Gasteiger partial charge < -0.3 is 9.73 Å². The summed E-state index contributed by atoms with van der Waals surface area (Å²) in [6.45, 7) is 6.06. The van der Waals surface area contributed by atoms with Gasteiger partial charge in [0.25, 0.3) is 0 Å². The van der Waals surface area contributed by atoms with Crippen molar-refractivity contribution in [2.75, 3.05) is 6.54 Å². The van der Waals surface area contributed by atoms with Gasteiger partial charge in [0.05, 0.1) is 11.8 Å². The molecular formula is C11H14ClN3OS.